The van der Waals surface area contributed by atoms with Gasteiger partial charge in [0.05, 0.1) is 12.3 Å². The number of benzene rings is 1. The molecule has 0 aliphatic carbocycles. The molecule has 18 heavy (non-hydrogen) atoms. The molecule has 0 unspecified atom stereocenters. The van der Waals surface area contributed by atoms with Gasteiger partial charge in [0.1, 0.15) is 12.1 Å². The second-order valence-electron chi connectivity index (χ2n) is 3.52. The monoisotopic (exact) mass is 357 g/mol. The lowest BCUT2D eigenvalue weighted by Gasteiger charge is -2.07. The third-order valence-corrected chi connectivity index (χ3v) is 3.30. The zero-order valence-corrected chi connectivity index (χ0v) is 11.9. The third kappa shape index (κ3) is 2.33. The molecule has 1 aromatic carbocycles. The van der Waals surface area contributed by atoms with Gasteiger partial charge >= 0.3 is 5.97 Å². The predicted octanol–water partition coefficient (Wildman–Crippen LogP) is 2.24. The molecular formula is C12H12IN3O2. The van der Waals surface area contributed by atoms with Gasteiger partial charge in [0.2, 0.25) is 0 Å². The molecule has 0 amide bonds. The van der Waals surface area contributed by atoms with Crippen LogP contribution in [0.5, 0.6) is 0 Å². The van der Waals surface area contributed by atoms with Crippen molar-refractivity contribution >= 4 is 34.4 Å². The first-order valence-electron chi connectivity index (χ1n) is 5.40. The standard InChI is InChI=1S/C12H12IN3O2/c1-2-18-12(17)10-11(14)16(7-15-10)9-6-4-3-5-8(9)13/h3-7H,2,14H2,1H3. The number of nitrogens with two attached hydrogens (primary N) is 1. The molecule has 0 saturated carbocycles. The third-order valence-electron chi connectivity index (χ3n) is 2.39. The number of hydrogen-bond acceptors (Lipinski definition) is 4. The molecule has 0 radical (unpaired) electrons. The van der Waals surface area contributed by atoms with Crippen molar-refractivity contribution in [1.29, 1.82) is 0 Å². The van der Waals surface area contributed by atoms with E-state index in [9.17, 15) is 4.79 Å². The molecule has 2 N–H and O–H groups in total. The van der Waals surface area contributed by atoms with E-state index in [0.717, 1.165) is 9.26 Å². The number of aromatic nitrogens is 2. The molecular weight excluding hydrogens is 345 g/mol. The first kappa shape index (κ1) is 12.9. The van der Waals surface area contributed by atoms with Crippen molar-refractivity contribution in [3.63, 3.8) is 0 Å². The number of carbonyl (C=O) groups is 1. The summed E-state index contributed by atoms with van der Waals surface area (Å²) < 4.78 is 7.59. The Hall–Kier alpha value is -1.57. The highest BCUT2D eigenvalue weighted by atomic mass is 127. The molecule has 1 heterocycles. The normalized spacial score (nSPS) is 10.3. The minimum Gasteiger partial charge on any atom is -0.461 e. The van der Waals surface area contributed by atoms with E-state index in [4.69, 9.17) is 10.5 Å². The fourth-order valence-electron chi connectivity index (χ4n) is 1.55. The molecule has 6 heteroatoms. The highest BCUT2D eigenvalue weighted by Gasteiger charge is 2.18. The van der Waals surface area contributed by atoms with Crippen LogP contribution in [-0.2, 0) is 4.74 Å². The maximum atomic E-state index is 11.6. The van der Waals surface area contributed by atoms with E-state index in [-0.39, 0.29) is 11.5 Å². The van der Waals surface area contributed by atoms with Gasteiger partial charge in [-0.25, -0.2) is 9.78 Å². The summed E-state index contributed by atoms with van der Waals surface area (Å²) >= 11 is 2.20. The van der Waals surface area contributed by atoms with Crippen molar-refractivity contribution in [2.24, 2.45) is 0 Å². The lowest BCUT2D eigenvalue weighted by Crippen LogP contribution is -2.09. The fourth-order valence-corrected chi connectivity index (χ4v) is 2.20. The lowest BCUT2D eigenvalue weighted by atomic mass is 10.3. The van der Waals surface area contributed by atoms with Gasteiger partial charge in [-0.2, -0.15) is 0 Å². The SMILES string of the molecule is CCOC(=O)c1ncn(-c2ccccc2I)c1N. The van der Waals surface area contributed by atoms with Crippen LogP contribution in [0.2, 0.25) is 0 Å². The van der Waals surface area contributed by atoms with Gasteiger partial charge < -0.3 is 10.5 Å². The summed E-state index contributed by atoms with van der Waals surface area (Å²) in [5, 5.41) is 0. The topological polar surface area (TPSA) is 70.1 Å². The molecule has 94 valence electrons. The van der Waals surface area contributed by atoms with E-state index in [1.54, 1.807) is 11.5 Å². The van der Waals surface area contributed by atoms with E-state index in [0.29, 0.717) is 6.61 Å². The van der Waals surface area contributed by atoms with Gasteiger partial charge in [0, 0.05) is 3.57 Å². The first-order chi connectivity index (χ1) is 8.65. The van der Waals surface area contributed by atoms with Crippen LogP contribution in [0, 0.1) is 3.57 Å². The minimum absolute atomic E-state index is 0.150. The summed E-state index contributed by atoms with van der Waals surface area (Å²) in [5.74, 6) is -0.211. The number of nitrogen functional groups attached to an aromatic ring is 1. The number of halogens is 1. The molecule has 0 saturated heterocycles. The molecule has 0 fully saturated rings. The summed E-state index contributed by atoms with van der Waals surface area (Å²) in [5.41, 5.74) is 6.97. The second kappa shape index (κ2) is 5.38. The predicted molar refractivity (Wildman–Crippen MR) is 76.6 cm³/mol. The highest BCUT2D eigenvalue weighted by Crippen LogP contribution is 2.22. The first-order valence-corrected chi connectivity index (χ1v) is 6.48. The molecule has 0 bridgehead atoms. The molecule has 0 atom stereocenters. The number of carbonyl (C=O) groups excluding carboxylic acids is 1. The summed E-state index contributed by atoms with van der Waals surface area (Å²) in [7, 11) is 0. The fraction of sp³-hybridized carbons (Fsp3) is 0.167. The Morgan fingerprint density at radius 3 is 2.89 bits per heavy atom. The molecule has 2 rings (SSSR count). The van der Waals surface area contributed by atoms with Gasteiger partial charge in [-0.05, 0) is 41.6 Å². The smallest absolute Gasteiger partial charge is 0.360 e. The Balaban J connectivity index is 2.43. The Morgan fingerprint density at radius 2 is 2.22 bits per heavy atom. The Bertz CT molecular complexity index is 580. The van der Waals surface area contributed by atoms with Gasteiger partial charge in [-0.15, -0.1) is 0 Å². The van der Waals surface area contributed by atoms with Crippen molar-refractivity contribution < 1.29 is 9.53 Å². The number of nitrogens with zero attached hydrogens (tertiary/aromatic N) is 2. The summed E-state index contributed by atoms with van der Waals surface area (Å²) in [4.78, 5) is 15.6. The molecule has 0 aliphatic heterocycles. The average Bonchev–Trinajstić information content (AvgIpc) is 2.72. The van der Waals surface area contributed by atoms with Crippen LogP contribution < -0.4 is 5.73 Å². The number of hydrogen-bond donors (Lipinski definition) is 1. The van der Waals surface area contributed by atoms with Gasteiger partial charge in [-0.1, -0.05) is 12.1 Å². The number of rotatable bonds is 3. The highest BCUT2D eigenvalue weighted by molar-refractivity contribution is 14.1. The number of anilines is 1. The van der Waals surface area contributed by atoms with Gasteiger partial charge in [0.15, 0.2) is 5.69 Å². The zero-order valence-electron chi connectivity index (χ0n) is 9.76. The number of para-hydroxylation sites is 1. The number of esters is 1. The van der Waals surface area contributed by atoms with Crippen LogP contribution in [0.4, 0.5) is 5.82 Å². The maximum Gasteiger partial charge on any atom is 0.360 e. The largest absolute Gasteiger partial charge is 0.461 e. The second-order valence-corrected chi connectivity index (χ2v) is 4.68. The summed E-state index contributed by atoms with van der Waals surface area (Å²) in [6.07, 6.45) is 1.53. The molecule has 1 aromatic heterocycles. The van der Waals surface area contributed by atoms with Crippen molar-refractivity contribution in [1.82, 2.24) is 9.55 Å². The summed E-state index contributed by atoms with van der Waals surface area (Å²) in [6.45, 7) is 2.04. The van der Waals surface area contributed by atoms with E-state index in [2.05, 4.69) is 27.6 Å². The van der Waals surface area contributed by atoms with Crippen molar-refractivity contribution in [3.05, 3.63) is 39.9 Å². The van der Waals surface area contributed by atoms with Crippen LogP contribution in [0.15, 0.2) is 30.6 Å². The molecule has 0 aliphatic rings. The zero-order chi connectivity index (χ0) is 13.1. The Morgan fingerprint density at radius 1 is 1.50 bits per heavy atom. The van der Waals surface area contributed by atoms with Crippen LogP contribution in [0.3, 0.4) is 0 Å². The molecule has 0 spiro atoms. The van der Waals surface area contributed by atoms with Gasteiger partial charge in [-0.3, -0.25) is 4.57 Å². The van der Waals surface area contributed by atoms with Crippen LogP contribution in [0.1, 0.15) is 17.4 Å². The van der Waals surface area contributed by atoms with E-state index in [1.165, 1.54) is 6.33 Å². The maximum absolute atomic E-state index is 11.6. The van der Waals surface area contributed by atoms with E-state index >= 15 is 0 Å². The quantitative estimate of drug-likeness (QED) is 0.676. The summed E-state index contributed by atoms with van der Waals surface area (Å²) in [6, 6.07) is 7.71. The van der Waals surface area contributed by atoms with Crippen LogP contribution in [-0.4, -0.2) is 22.1 Å². The molecule has 5 nitrogen and oxygen atoms in total. The van der Waals surface area contributed by atoms with Crippen LogP contribution >= 0.6 is 22.6 Å². The van der Waals surface area contributed by atoms with Gasteiger partial charge in [0.25, 0.3) is 0 Å². The minimum atomic E-state index is -0.500. The molecule has 2 aromatic rings. The van der Waals surface area contributed by atoms with Crippen molar-refractivity contribution in [3.8, 4) is 5.69 Å². The lowest BCUT2D eigenvalue weighted by molar-refractivity contribution is 0.0521. The number of ether oxygens (including phenoxy) is 1. The van der Waals surface area contributed by atoms with Crippen LogP contribution in [0.25, 0.3) is 5.69 Å². The van der Waals surface area contributed by atoms with E-state index in [1.807, 2.05) is 24.3 Å². The number of imidazole rings is 1. The van der Waals surface area contributed by atoms with E-state index < -0.39 is 5.97 Å². The van der Waals surface area contributed by atoms with Crippen molar-refractivity contribution in [2.75, 3.05) is 12.3 Å². The van der Waals surface area contributed by atoms with Crippen molar-refractivity contribution in [2.45, 2.75) is 6.92 Å². The Labute approximate surface area is 118 Å². The average molecular weight is 357 g/mol. The Kier molecular flexibility index (Phi) is 3.85.